The minimum atomic E-state index is 0.286. The van der Waals surface area contributed by atoms with Crippen LogP contribution in [-0.4, -0.2) is 36.7 Å². The molecular formula is C10H17NO. The van der Waals surface area contributed by atoms with Crippen molar-refractivity contribution >= 4 is 0 Å². The Morgan fingerprint density at radius 2 is 2.50 bits per heavy atom. The highest BCUT2D eigenvalue weighted by atomic mass is 16.5. The van der Waals surface area contributed by atoms with E-state index in [1.54, 1.807) is 0 Å². The molecular weight excluding hydrogens is 150 g/mol. The second kappa shape index (κ2) is 2.86. The van der Waals surface area contributed by atoms with Gasteiger partial charge in [0.1, 0.15) is 0 Å². The Morgan fingerprint density at radius 1 is 1.67 bits per heavy atom. The number of hydrogen-bond donors (Lipinski definition) is 0. The topological polar surface area (TPSA) is 12.5 Å². The molecule has 68 valence electrons. The molecule has 0 aromatic heterocycles. The summed E-state index contributed by atoms with van der Waals surface area (Å²) in [5.74, 6) is 0. The van der Waals surface area contributed by atoms with Gasteiger partial charge in [0, 0.05) is 13.2 Å². The summed E-state index contributed by atoms with van der Waals surface area (Å²) in [6.45, 7) is 8.56. The summed E-state index contributed by atoms with van der Waals surface area (Å²) in [6, 6.07) is 0. The second-order valence-corrected chi connectivity index (χ2v) is 3.76. The van der Waals surface area contributed by atoms with Crippen LogP contribution in [0.25, 0.3) is 0 Å². The molecule has 0 N–H and O–H groups in total. The summed E-state index contributed by atoms with van der Waals surface area (Å²) in [6.07, 6.45) is 3.53. The maximum Gasteiger partial charge on any atom is 0.0690 e. The van der Waals surface area contributed by atoms with Crippen LogP contribution in [0.3, 0.4) is 0 Å². The smallest absolute Gasteiger partial charge is 0.0690 e. The van der Waals surface area contributed by atoms with Crippen LogP contribution in [0.5, 0.6) is 0 Å². The Bertz CT molecular complexity index is 204. The first-order valence-corrected chi connectivity index (χ1v) is 4.79. The minimum Gasteiger partial charge on any atom is -0.379 e. The average Bonchev–Trinajstić information content (AvgIpc) is 2.65. The average molecular weight is 167 g/mol. The summed E-state index contributed by atoms with van der Waals surface area (Å²) in [4.78, 5) is 2.52. The lowest BCUT2D eigenvalue weighted by Gasteiger charge is -2.34. The van der Waals surface area contributed by atoms with Crippen molar-refractivity contribution in [1.29, 1.82) is 0 Å². The van der Waals surface area contributed by atoms with Crippen molar-refractivity contribution in [1.82, 2.24) is 4.90 Å². The number of rotatable bonds is 1. The molecule has 2 aliphatic rings. The standard InChI is InChI=1S/C10H17NO/c1-3-11-6-4-9(2)10(11)5-7-12-8-10/h4H,3,5-8H2,1-2H3. The third-order valence-electron chi connectivity index (χ3n) is 3.34. The molecule has 2 heterocycles. The lowest BCUT2D eigenvalue weighted by atomic mass is 9.91. The Labute approximate surface area is 74.2 Å². The van der Waals surface area contributed by atoms with E-state index in [4.69, 9.17) is 4.74 Å². The van der Waals surface area contributed by atoms with E-state index in [1.807, 2.05) is 0 Å². The Morgan fingerprint density at radius 3 is 3.08 bits per heavy atom. The van der Waals surface area contributed by atoms with E-state index in [1.165, 1.54) is 12.0 Å². The first-order valence-electron chi connectivity index (χ1n) is 4.79. The van der Waals surface area contributed by atoms with E-state index >= 15 is 0 Å². The predicted octanol–water partition coefficient (Wildman–Crippen LogP) is 1.43. The monoisotopic (exact) mass is 167 g/mol. The molecule has 0 bridgehead atoms. The van der Waals surface area contributed by atoms with E-state index < -0.39 is 0 Å². The molecule has 1 atom stereocenters. The van der Waals surface area contributed by atoms with Crippen LogP contribution < -0.4 is 0 Å². The van der Waals surface area contributed by atoms with Gasteiger partial charge in [-0.2, -0.15) is 0 Å². The van der Waals surface area contributed by atoms with Crippen LogP contribution in [0, 0.1) is 0 Å². The molecule has 0 aromatic carbocycles. The van der Waals surface area contributed by atoms with Gasteiger partial charge in [-0.25, -0.2) is 0 Å². The van der Waals surface area contributed by atoms with Crippen molar-refractivity contribution in [3.05, 3.63) is 11.6 Å². The van der Waals surface area contributed by atoms with Crippen LogP contribution in [0.15, 0.2) is 11.6 Å². The van der Waals surface area contributed by atoms with Crippen LogP contribution in [0.4, 0.5) is 0 Å². The zero-order valence-corrected chi connectivity index (χ0v) is 7.97. The van der Waals surface area contributed by atoms with Crippen molar-refractivity contribution in [2.75, 3.05) is 26.3 Å². The van der Waals surface area contributed by atoms with Gasteiger partial charge in [0.05, 0.1) is 12.1 Å². The van der Waals surface area contributed by atoms with Crippen molar-refractivity contribution in [3.63, 3.8) is 0 Å². The molecule has 0 aliphatic carbocycles. The van der Waals surface area contributed by atoms with Gasteiger partial charge in [-0.1, -0.05) is 18.6 Å². The summed E-state index contributed by atoms with van der Waals surface area (Å²) in [7, 11) is 0. The molecule has 2 heteroatoms. The zero-order valence-electron chi connectivity index (χ0n) is 7.97. The Kier molecular flexibility index (Phi) is 1.97. The highest BCUT2D eigenvalue weighted by Gasteiger charge is 2.43. The number of ether oxygens (including phenoxy) is 1. The molecule has 2 rings (SSSR count). The summed E-state index contributed by atoms with van der Waals surface area (Å²) in [5.41, 5.74) is 1.80. The van der Waals surface area contributed by atoms with Gasteiger partial charge in [0.2, 0.25) is 0 Å². The fourth-order valence-corrected chi connectivity index (χ4v) is 2.41. The van der Waals surface area contributed by atoms with E-state index in [0.29, 0.717) is 0 Å². The number of hydrogen-bond acceptors (Lipinski definition) is 2. The molecule has 0 saturated carbocycles. The number of nitrogens with zero attached hydrogens (tertiary/aromatic N) is 1. The van der Waals surface area contributed by atoms with Crippen LogP contribution in [0.1, 0.15) is 20.3 Å². The van der Waals surface area contributed by atoms with Crippen molar-refractivity contribution < 1.29 is 4.74 Å². The maximum absolute atomic E-state index is 5.50. The second-order valence-electron chi connectivity index (χ2n) is 3.76. The van der Waals surface area contributed by atoms with Crippen LogP contribution in [-0.2, 0) is 4.74 Å². The SMILES string of the molecule is CCN1CC=C(C)C12CCOC2. The minimum absolute atomic E-state index is 0.286. The third kappa shape index (κ3) is 0.947. The molecule has 0 amide bonds. The first-order chi connectivity index (χ1) is 5.79. The molecule has 2 nitrogen and oxygen atoms in total. The van der Waals surface area contributed by atoms with Gasteiger partial charge in [0.25, 0.3) is 0 Å². The molecule has 12 heavy (non-hydrogen) atoms. The van der Waals surface area contributed by atoms with Gasteiger partial charge in [0.15, 0.2) is 0 Å². The molecule has 0 radical (unpaired) electrons. The molecule has 1 saturated heterocycles. The molecule has 2 aliphatic heterocycles. The fourth-order valence-electron chi connectivity index (χ4n) is 2.41. The third-order valence-corrected chi connectivity index (χ3v) is 3.34. The summed E-state index contributed by atoms with van der Waals surface area (Å²) in [5, 5.41) is 0. The molecule has 1 spiro atoms. The van der Waals surface area contributed by atoms with E-state index in [9.17, 15) is 0 Å². The largest absolute Gasteiger partial charge is 0.379 e. The molecule has 0 aromatic rings. The predicted molar refractivity (Wildman–Crippen MR) is 49.2 cm³/mol. The van der Waals surface area contributed by atoms with Crippen LogP contribution >= 0.6 is 0 Å². The lowest BCUT2D eigenvalue weighted by Crippen LogP contribution is -2.46. The number of likely N-dealkylation sites (N-methyl/N-ethyl adjacent to an activating group) is 1. The van der Waals surface area contributed by atoms with Gasteiger partial charge in [-0.3, -0.25) is 4.90 Å². The lowest BCUT2D eigenvalue weighted by molar-refractivity contribution is 0.118. The quantitative estimate of drug-likeness (QED) is 0.548. The van der Waals surface area contributed by atoms with Crippen molar-refractivity contribution in [2.24, 2.45) is 0 Å². The van der Waals surface area contributed by atoms with Crippen molar-refractivity contribution in [3.8, 4) is 0 Å². The van der Waals surface area contributed by atoms with E-state index in [-0.39, 0.29) is 5.54 Å². The highest BCUT2D eigenvalue weighted by molar-refractivity contribution is 5.26. The van der Waals surface area contributed by atoms with E-state index in [2.05, 4.69) is 24.8 Å². The zero-order chi connectivity index (χ0) is 8.60. The summed E-state index contributed by atoms with van der Waals surface area (Å²) < 4.78 is 5.50. The Hall–Kier alpha value is -0.340. The van der Waals surface area contributed by atoms with Gasteiger partial charge in [-0.15, -0.1) is 0 Å². The fraction of sp³-hybridized carbons (Fsp3) is 0.800. The maximum atomic E-state index is 5.50. The normalized spacial score (nSPS) is 36.3. The van der Waals surface area contributed by atoms with E-state index in [0.717, 1.165) is 26.3 Å². The highest BCUT2D eigenvalue weighted by Crippen LogP contribution is 2.36. The van der Waals surface area contributed by atoms with Gasteiger partial charge >= 0.3 is 0 Å². The molecule has 1 unspecified atom stereocenters. The van der Waals surface area contributed by atoms with Gasteiger partial charge < -0.3 is 4.74 Å². The van der Waals surface area contributed by atoms with Crippen molar-refractivity contribution in [2.45, 2.75) is 25.8 Å². The first kappa shape index (κ1) is 8.27. The Balaban J connectivity index is 2.23. The summed E-state index contributed by atoms with van der Waals surface area (Å²) >= 11 is 0. The molecule has 1 fully saturated rings. The van der Waals surface area contributed by atoms with Gasteiger partial charge in [-0.05, 0) is 19.9 Å². The van der Waals surface area contributed by atoms with Crippen LogP contribution in [0.2, 0.25) is 0 Å².